The van der Waals surface area contributed by atoms with Crippen molar-refractivity contribution in [3.8, 4) is 0 Å². The first kappa shape index (κ1) is 45.1. The molecule has 0 aliphatic heterocycles. The Morgan fingerprint density at radius 1 is 0.354 bits per heavy atom. The summed E-state index contributed by atoms with van der Waals surface area (Å²) in [5.74, 6) is -40.7. The van der Waals surface area contributed by atoms with Crippen LogP contribution >= 0.6 is 0 Å². The normalized spacial score (nSPS) is 10.7. The molecule has 19 heteroatoms. The van der Waals surface area contributed by atoms with Gasteiger partial charge in [0.1, 0.15) is 41.0 Å². The van der Waals surface area contributed by atoms with E-state index in [1.54, 1.807) is 0 Å². The topological polar surface area (TPSA) is 18.5 Å². The predicted molar refractivity (Wildman–Crippen MR) is 151 cm³/mol. The number of hydrogen-bond acceptors (Lipinski definition) is 2. The van der Waals surface area contributed by atoms with Gasteiger partial charge < -0.3 is 9.47 Å². The van der Waals surface area contributed by atoms with Gasteiger partial charge in [0.25, 0.3) is 0 Å². The van der Waals surface area contributed by atoms with E-state index in [1.165, 1.54) is 0 Å². The molecule has 0 atom stereocenters. The van der Waals surface area contributed by atoms with E-state index < -0.39 is 110 Å². The maximum absolute atomic E-state index is 14.6. The average molecular weight is 732 g/mol. The van der Waals surface area contributed by atoms with Gasteiger partial charge in [-0.2, -0.15) is 6.82 Å². The fourth-order valence-electron chi connectivity index (χ4n) is 4.23. The van der Waals surface area contributed by atoms with Gasteiger partial charge in [-0.15, -0.1) is 16.4 Å². The average Bonchev–Trinajstić information content (AvgIpc) is 3.04. The second-order valence-corrected chi connectivity index (χ2v) is 10.5. The number of ether oxygens (including phenoxy) is 2. The van der Waals surface area contributed by atoms with Crippen LogP contribution in [0, 0.1) is 87.3 Å². The Morgan fingerprint density at radius 3 is 0.583 bits per heavy atom. The van der Waals surface area contributed by atoms with Crippen LogP contribution < -0.4 is 16.4 Å². The van der Waals surface area contributed by atoms with Gasteiger partial charge in [0, 0.05) is 26.4 Å². The second kappa shape index (κ2) is 20.0. The zero-order valence-corrected chi connectivity index (χ0v) is 27.6. The maximum atomic E-state index is 14.6. The molecule has 48 heavy (non-hydrogen) atoms. The van der Waals surface area contributed by atoms with E-state index in [9.17, 15) is 65.9 Å². The molecule has 0 fully saturated rings. The molecule has 0 amide bonds. The van der Waals surface area contributed by atoms with Gasteiger partial charge in [-0.3, -0.25) is 0 Å². The van der Waals surface area contributed by atoms with Crippen LogP contribution in [0.5, 0.6) is 0 Å². The van der Waals surface area contributed by atoms with Crippen LogP contribution in [0.25, 0.3) is 0 Å². The molecule has 3 rings (SSSR count). The summed E-state index contributed by atoms with van der Waals surface area (Å²) in [6.07, 6.45) is -5.41. The van der Waals surface area contributed by atoms with Crippen molar-refractivity contribution >= 4 is 37.8 Å². The van der Waals surface area contributed by atoms with Crippen molar-refractivity contribution in [3.63, 3.8) is 0 Å². The van der Waals surface area contributed by atoms with E-state index in [4.69, 9.17) is 9.47 Å². The molecule has 2 nitrogen and oxygen atoms in total. The zero-order chi connectivity index (χ0) is 37.8. The molecule has 0 unspecified atom stereocenters. The third-order valence-electron chi connectivity index (χ3n) is 6.28. The molecule has 0 N–H and O–H groups in total. The Morgan fingerprint density at radius 2 is 0.479 bits per heavy atom. The molecule has 0 bridgehead atoms. The monoisotopic (exact) mass is 732 g/mol. The van der Waals surface area contributed by atoms with Crippen molar-refractivity contribution in [3.05, 3.63) is 87.3 Å². The van der Waals surface area contributed by atoms with Crippen LogP contribution in [0.1, 0.15) is 27.7 Å². The first-order valence-electron chi connectivity index (χ1n) is 13.9. The summed E-state index contributed by atoms with van der Waals surface area (Å²) in [7, 11) is 0. The molecular weight excluding hydrogens is 703 g/mol. The predicted octanol–water partition coefficient (Wildman–Crippen LogP) is 7.75. The van der Waals surface area contributed by atoms with Crippen molar-refractivity contribution in [2.45, 2.75) is 46.1 Å². The summed E-state index contributed by atoms with van der Waals surface area (Å²) >= 11 is 0.750. The third-order valence-corrected chi connectivity index (χ3v) is 6.28. The molecule has 3 aromatic rings. The van der Waals surface area contributed by atoms with Gasteiger partial charge in [-0.25, -0.2) is 65.9 Å². The SMILES string of the molecule is CCOCC.CCOCC.C[B-](c1c(F)c(F)c(F)c(F)c1F)(c1c(F)c(F)c(F)c(F)c1F)c1c(F)c(F)c(F)c(F)c1F.[CH3][Al+][CH3]. The van der Waals surface area contributed by atoms with Gasteiger partial charge in [-0.1, -0.05) is 0 Å². The number of halogens is 15. The molecule has 0 aliphatic carbocycles. The molecule has 0 saturated heterocycles. The van der Waals surface area contributed by atoms with Crippen molar-refractivity contribution in [1.29, 1.82) is 0 Å². The van der Waals surface area contributed by atoms with Gasteiger partial charge in [-0.05, 0) is 27.7 Å². The Hall–Kier alpha value is -2.87. The van der Waals surface area contributed by atoms with E-state index in [-0.39, 0.29) is 6.82 Å². The molecule has 0 saturated carbocycles. The van der Waals surface area contributed by atoms with Crippen LogP contribution in [0.3, 0.4) is 0 Å². The minimum atomic E-state index is -5.41. The Balaban J connectivity index is 0.00000145. The van der Waals surface area contributed by atoms with Crippen LogP contribution in [0.2, 0.25) is 18.4 Å². The Labute approximate surface area is 272 Å². The molecule has 0 spiro atoms. The summed E-state index contributed by atoms with van der Waals surface area (Å²) in [5.41, 5.74) is -7.89. The van der Waals surface area contributed by atoms with Crippen molar-refractivity contribution in [1.82, 2.24) is 0 Å². The van der Waals surface area contributed by atoms with Crippen molar-refractivity contribution in [2.24, 2.45) is 0 Å². The fourth-order valence-corrected chi connectivity index (χ4v) is 4.23. The summed E-state index contributed by atoms with van der Waals surface area (Å²) in [5, 5.41) is 0. The summed E-state index contributed by atoms with van der Waals surface area (Å²) < 4.78 is 221. The number of benzene rings is 3. The first-order valence-corrected chi connectivity index (χ1v) is 16.2. The standard InChI is InChI=1S/C19H3BF15.2C4H10O.2CH3.Al/c1-20(2-5(21)11(27)17(33)12(28)6(2)22,3-7(23)13(29)18(34)14(30)8(3)24)4-9(25)15(31)19(35)16(32)10(4)26;2*1-3-5-4-2;;;/h1H3;2*3-4H2,1-2H3;2*1H3;/q-1;;;;;+1. The summed E-state index contributed by atoms with van der Waals surface area (Å²) in [6, 6.07) is 0. The van der Waals surface area contributed by atoms with Crippen molar-refractivity contribution in [2.75, 3.05) is 26.4 Å². The zero-order valence-electron chi connectivity index (χ0n) is 26.5. The van der Waals surface area contributed by atoms with Gasteiger partial charge in [0.15, 0.2) is 52.4 Å². The van der Waals surface area contributed by atoms with E-state index >= 15 is 0 Å². The first-order chi connectivity index (χ1) is 22.3. The number of hydrogen-bond donors (Lipinski definition) is 0. The van der Waals surface area contributed by atoms with Crippen LogP contribution in [0.4, 0.5) is 65.9 Å². The van der Waals surface area contributed by atoms with E-state index in [1.807, 2.05) is 27.7 Å². The van der Waals surface area contributed by atoms with E-state index in [2.05, 4.69) is 11.6 Å². The molecule has 268 valence electrons. The minimum absolute atomic E-state index is 0.213. The molecular formula is C29H29AlBF15O2. The quantitative estimate of drug-likeness (QED) is 0.107. The third kappa shape index (κ3) is 9.22. The molecule has 0 heterocycles. The van der Waals surface area contributed by atoms with Crippen molar-refractivity contribution < 1.29 is 75.3 Å². The molecule has 0 radical (unpaired) electrons. The van der Waals surface area contributed by atoms with Gasteiger partial charge in [0.05, 0.1) is 0 Å². The Bertz CT molecular complexity index is 1290. The van der Waals surface area contributed by atoms with Gasteiger partial charge >= 0.3 is 26.8 Å². The van der Waals surface area contributed by atoms with E-state index in [0.717, 1.165) is 41.6 Å². The summed E-state index contributed by atoms with van der Waals surface area (Å²) in [4.78, 5) is 0. The number of rotatable bonds is 7. The summed E-state index contributed by atoms with van der Waals surface area (Å²) in [6.45, 7) is 11.1. The molecule has 0 aliphatic rings. The second-order valence-electron chi connectivity index (χ2n) is 9.39. The fraction of sp³-hybridized carbons (Fsp3) is 0.379. The van der Waals surface area contributed by atoms with E-state index in [0.29, 0.717) is 0 Å². The molecule has 0 aromatic heterocycles. The van der Waals surface area contributed by atoms with Gasteiger partial charge in [0.2, 0.25) is 0 Å². The Kier molecular flexibility index (Phi) is 18.8. The molecule has 3 aromatic carbocycles. The van der Waals surface area contributed by atoms with Crippen LogP contribution in [0.15, 0.2) is 0 Å². The van der Waals surface area contributed by atoms with Crippen LogP contribution in [-0.2, 0) is 9.47 Å². The van der Waals surface area contributed by atoms with Crippen LogP contribution in [-0.4, -0.2) is 47.8 Å².